The summed E-state index contributed by atoms with van der Waals surface area (Å²) in [6.45, 7) is 5.65. The SMILES string of the molecule is C=C/C=C(\C=C/C)SCC(OC)OC. The van der Waals surface area contributed by atoms with Gasteiger partial charge in [0.15, 0.2) is 6.29 Å². The van der Waals surface area contributed by atoms with E-state index in [1.165, 1.54) is 0 Å². The highest BCUT2D eigenvalue weighted by Gasteiger charge is 2.05. The predicted molar refractivity (Wildman–Crippen MR) is 63.4 cm³/mol. The van der Waals surface area contributed by atoms with Gasteiger partial charge < -0.3 is 9.47 Å². The van der Waals surface area contributed by atoms with E-state index in [1.807, 2.05) is 25.2 Å². The van der Waals surface area contributed by atoms with Crippen LogP contribution in [0.25, 0.3) is 0 Å². The molecule has 0 aliphatic heterocycles. The summed E-state index contributed by atoms with van der Waals surface area (Å²) in [7, 11) is 3.28. The van der Waals surface area contributed by atoms with Gasteiger partial charge in [0.25, 0.3) is 0 Å². The van der Waals surface area contributed by atoms with Crippen LogP contribution < -0.4 is 0 Å². The Kier molecular flexibility index (Phi) is 8.73. The Hall–Kier alpha value is -0.510. The van der Waals surface area contributed by atoms with Gasteiger partial charge in [0.1, 0.15) is 0 Å². The van der Waals surface area contributed by atoms with Crippen molar-refractivity contribution in [2.45, 2.75) is 13.2 Å². The van der Waals surface area contributed by atoms with Crippen molar-refractivity contribution < 1.29 is 9.47 Å². The first kappa shape index (κ1) is 13.5. The second-order valence-electron chi connectivity index (χ2n) is 2.52. The minimum Gasteiger partial charge on any atom is -0.355 e. The van der Waals surface area contributed by atoms with Crippen molar-refractivity contribution in [2.24, 2.45) is 0 Å². The number of thioether (sulfide) groups is 1. The summed E-state index contributed by atoms with van der Waals surface area (Å²) in [5, 5.41) is 0. The lowest BCUT2D eigenvalue weighted by molar-refractivity contribution is -0.0841. The molecule has 0 fully saturated rings. The molecule has 0 heterocycles. The Labute approximate surface area is 90.7 Å². The molecule has 0 bridgehead atoms. The number of methoxy groups -OCH3 is 2. The second-order valence-corrected chi connectivity index (χ2v) is 3.61. The van der Waals surface area contributed by atoms with Crippen LogP contribution in [0.3, 0.4) is 0 Å². The van der Waals surface area contributed by atoms with E-state index in [-0.39, 0.29) is 6.29 Å². The van der Waals surface area contributed by atoms with Gasteiger partial charge in [0, 0.05) is 24.9 Å². The van der Waals surface area contributed by atoms with Gasteiger partial charge >= 0.3 is 0 Å². The molecule has 0 rings (SSSR count). The summed E-state index contributed by atoms with van der Waals surface area (Å²) in [6, 6.07) is 0. The van der Waals surface area contributed by atoms with Crippen LogP contribution in [0, 0.1) is 0 Å². The van der Waals surface area contributed by atoms with Crippen molar-refractivity contribution in [1.29, 1.82) is 0 Å². The molecule has 0 aromatic rings. The molecular weight excluding hydrogens is 196 g/mol. The average molecular weight is 214 g/mol. The molecule has 0 saturated heterocycles. The first-order valence-electron chi connectivity index (χ1n) is 4.42. The third-order valence-electron chi connectivity index (χ3n) is 1.52. The fourth-order valence-electron chi connectivity index (χ4n) is 0.829. The highest BCUT2D eigenvalue weighted by Crippen LogP contribution is 2.19. The normalized spacial score (nSPS) is 12.7. The summed E-state index contributed by atoms with van der Waals surface area (Å²) in [5.41, 5.74) is 0. The van der Waals surface area contributed by atoms with Gasteiger partial charge in [-0.3, -0.25) is 0 Å². The molecule has 0 saturated carbocycles. The molecule has 0 aromatic heterocycles. The summed E-state index contributed by atoms with van der Waals surface area (Å²) in [6.07, 6.45) is 7.62. The monoisotopic (exact) mass is 214 g/mol. The first-order chi connectivity index (χ1) is 6.78. The van der Waals surface area contributed by atoms with Gasteiger partial charge in [0.05, 0.1) is 0 Å². The van der Waals surface area contributed by atoms with Crippen LogP contribution in [0.2, 0.25) is 0 Å². The third kappa shape index (κ3) is 6.02. The van der Waals surface area contributed by atoms with E-state index in [0.717, 1.165) is 10.7 Å². The summed E-state index contributed by atoms with van der Waals surface area (Å²) in [4.78, 5) is 1.15. The van der Waals surface area contributed by atoms with E-state index < -0.39 is 0 Å². The van der Waals surface area contributed by atoms with Crippen molar-refractivity contribution in [3.8, 4) is 0 Å². The molecule has 0 radical (unpaired) electrons. The van der Waals surface area contributed by atoms with Gasteiger partial charge in [-0.2, -0.15) is 0 Å². The molecular formula is C11H18O2S. The Balaban J connectivity index is 4.05. The van der Waals surface area contributed by atoms with Gasteiger partial charge in [-0.25, -0.2) is 0 Å². The molecule has 0 aromatic carbocycles. The van der Waals surface area contributed by atoms with Crippen molar-refractivity contribution in [3.63, 3.8) is 0 Å². The van der Waals surface area contributed by atoms with Crippen LogP contribution in [-0.2, 0) is 9.47 Å². The lowest BCUT2D eigenvalue weighted by atomic mass is 10.4. The third-order valence-corrected chi connectivity index (χ3v) is 2.57. The molecule has 0 atom stereocenters. The largest absolute Gasteiger partial charge is 0.355 e. The fourth-order valence-corrected chi connectivity index (χ4v) is 1.85. The van der Waals surface area contributed by atoms with Crippen LogP contribution in [-0.4, -0.2) is 26.3 Å². The molecule has 0 aliphatic rings. The fraction of sp³-hybridized carbons (Fsp3) is 0.455. The molecule has 3 heteroatoms. The zero-order valence-electron chi connectivity index (χ0n) is 9.03. The van der Waals surface area contributed by atoms with E-state index in [9.17, 15) is 0 Å². The summed E-state index contributed by atoms with van der Waals surface area (Å²) < 4.78 is 10.2. The Bertz CT molecular complexity index is 205. The maximum absolute atomic E-state index is 5.09. The van der Waals surface area contributed by atoms with Crippen LogP contribution in [0.1, 0.15) is 6.92 Å². The maximum atomic E-state index is 5.09. The van der Waals surface area contributed by atoms with Gasteiger partial charge in [0.2, 0.25) is 0 Å². The van der Waals surface area contributed by atoms with E-state index >= 15 is 0 Å². The number of rotatable bonds is 7. The smallest absolute Gasteiger partial charge is 0.166 e. The molecule has 0 N–H and O–H groups in total. The highest BCUT2D eigenvalue weighted by atomic mass is 32.2. The van der Waals surface area contributed by atoms with Crippen LogP contribution >= 0.6 is 11.8 Å². The van der Waals surface area contributed by atoms with E-state index in [4.69, 9.17) is 9.47 Å². The van der Waals surface area contributed by atoms with Gasteiger partial charge in [-0.1, -0.05) is 24.8 Å². The van der Waals surface area contributed by atoms with Crippen LogP contribution in [0.4, 0.5) is 0 Å². The molecule has 0 unspecified atom stereocenters. The van der Waals surface area contributed by atoms with Gasteiger partial charge in [-0.05, 0) is 13.0 Å². The zero-order valence-corrected chi connectivity index (χ0v) is 9.84. The van der Waals surface area contributed by atoms with Gasteiger partial charge in [-0.15, -0.1) is 11.8 Å². The van der Waals surface area contributed by atoms with E-state index in [0.29, 0.717) is 0 Å². The lowest BCUT2D eigenvalue weighted by Gasteiger charge is -2.12. The molecule has 2 nitrogen and oxygen atoms in total. The van der Waals surface area contributed by atoms with Crippen LogP contribution in [0.15, 0.2) is 35.8 Å². The number of hydrogen-bond donors (Lipinski definition) is 0. The molecule has 0 spiro atoms. The molecule has 0 amide bonds. The Morgan fingerprint density at radius 3 is 2.50 bits per heavy atom. The lowest BCUT2D eigenvalue weighted by Crippen LogP contribution is -2.15. The molecule has 0 aliphatic carbocycles. The van der Waals surface area contributed by atoms with Crippen molar-refractivity contribution in [2.75, 3.05) is 20.0 Å². The summed E-state index contributed by atoms with van der Waals surface area (Å²) in [5.74, 6) is 0.775. The zero-order chi connectivity index (χ0) is 10.8. The molecule has 80 valence electrons. The van der Waals surface area contributed by atoms with Crippen molar-refractivity contribution in [3.05, 3.63) is 35.8 Å². The highest BCUT2D eigenvalue weighted by molar-refractivity contribution is 8.03. The van der Waals surface area contributed by atoms with E-state index in [1.54, 1.807) is 32.1 Å². The average Bonchev–Trinajstić information content (AvgIpc) is 2.20. The summed E-state index contributed by atoms with van der Waals surface area (Å²) >= 11 is 1.68. The standard InChI is InChI=1S/C11H18O2S/c1-5-7-10(8-6-2)14-9-11(12-3)13-4/h5-8,11H,1,9H2,2-4H3/b8-6-,10-7+. The predicted octanol–water partition coefficient (Wildman–Crippen LogP) is 2.98. The molecule has 14 heavy (non-hydrogen) atoms. The van der Waals surface area contributed by atoms with Crippen molar-refractivity contribution in [1.82, 2.24) is 0 Å². The van der Waals surface area contributed by atoms with E-state index in [2.05, 4.69) is 6.58 Å². The second kappa shape index (κ2) is 9.06. The minimum atomic E-state index is -0.154. The minimum absolute atomic E-state index is 0.154. The maximum Gasteiger partial charge on any atom is 0.166 e. The number of allylic oxidation sites excluding steroid dienone is 4. The van der Waals surface area contributed by atoms with Crippen LogP contribution in [0.5, 0.6) is 0 Å². The Morgan fingerprint density at radius 2 is 2.07 bits per heavy atom. The Morgan fingerprint density at radius 1 is 1.43 bits per heavy atom. The van der Waals surface area contributed by atoms with Crippen molar-refractivity contribution >= 4 is 11.8 Å². The number of hydrogen-bond acceptors (Lipinski definition) is 3. The number of ether oxygens (including phenoxy) is 2. The quantitative estimate of drug-likeness (QED) is 0.479. The first-order valence-corrected chi connectivity index (χ1v) is 5.40. The topological polar surface area (TPSA) is 18.5 Å².